The Hall–Kier alpha value is -0.260. The van der Waals surface area contributed by atoms with Crippen LogP contribution in [0.25, 0.3) is 0 Å². The zero-order valence-corrected chi connectivity index (χ0v) is 13.9. The lowest BCUT2D eigenvalue weighted by Gasteiger charge is -2.22. The number of aryl methyl sites for hydroxylation is 1. The van der Waals surface area contributed by atoms with Crippen LogP contribution in [0.15, 0.2) is 0 Å². The van der Waals surface area contributed by atoms with Gasteiger partial charge in [0.1, 0.15) is 0 Å². The maximum atomic E-state index is 5.85. The van der Waals surface area contributed by atoms with Crippen molar-refractivity contribution < 1.29 is 0 Å². The summed E-state index contributed by atoms with van der Waals surface area (Å²) in [4.78, 5) is 8.56. The van der Waals surface area contributed by atoms with Gasteiger partial charge in [-0.15, -0.1) is 11.3 Å². The Balaban J connectivity index is 2.12. The summed E-state index contributed by atoms with van der Waals surface area (Å²) in [5, 5.41) is 1.18. The van der Waals surface area contributed by atoms with E-state index in [0.29, 0.717) is 11.3 Å². The second-order valence-corrected chi connectivity index (χ2v) is 8.53. The van der Waals surface area contributed by atoms with Crippen LogP contribution in [-0.4, -0.2) is 28.6 Å². The maximum absolute atomic E-state index is 5.85. The predicted molar refractivity (Wildman–Crippen MR) is 87.4 cm³/mol. The zero-order chi connectivity index (χ0) is 13.9. The van der Waals surface area contributed by atoms with Crippen LogP contribution in [0.2, 0.25) is 0 Å². The van der Waals surface area contributed by atoms with Gasteiger partial charge in [-0.25, -0.2) is 4.98 Å². The van der Waals surface area contributed by atoms with Gasteiger partial charge >= 0.3 is 0 Å². The minimum Gasteiger partial charge on any atom is -0.347 e. The molecule has 0 atom stereocenters. The van der Waals surface area contributed by atoms with Crippen molar-refractivity contribution in [1.29, 1.82) is 0 Å². The summed E-state index contributed by atoms with van der Waals surface area (Å²) in [6, 6.07) is 0. The topological polar surface area (TPSA) is 42.2 Å². The Morgan fingerprint density at radius 3 is 2.84 bits per heavy atom. The molecule has 0 radical (unpaired) electrons. The molecule has 1 saturated heterocycles. The van der Waals surface area contributed by atoms with Gasteiger partial charge in [0.25, 0.3) is 0 Å². The van der Waals surface area contributed by atoms with Gasteiger partial charge < -0.3 is 10.6 Å². The number of nitrogens with two attached hydrogens (primary N) is 1. The lowest BCUT2D eigenvalue weighted by molar-refractivity contribution is 0.636. The van der Waals surface area contributed by atoms with Gasteiger partial charge in [0.05, 0.1) is 5.69 Å². The molecule has 0 aliphatic carbocycles. The third kappa shape index (κ3) is 3.86. The first-order valence-electron chi connectivity index (χ1n) is 7.13. The molecule has 2 heterocycles. The summed E-state index contributed by atoms with van der Waals surface area (Å²) in [5.41, 5.74) is 7.07. The third-order valence-corrected chi connectivity index (χ3v) is 6.10. The highest BCUT2D eigenvalue weighted by atomic mass is 32.2. The van der Waals surface area contributed by atoms with Crippen molar-refractivity contribution in [2.75, 3.05) is 23.7 Å². The summed E-state index contributed by atoms with van der Waals surface area (Å²) in [6.07, 6.45) is 3.41. The van der Waals surface area contributed by atoms with E-state index in [9.17, 15) is 0 Å². The van der Waals surface area contributed by atoms with Crippen LogP contribution in [-0.2, 0) is 13.0 Å². The minimum atomic E-state index is 0.398. The van der Waals surface area contributed by atoms with Gasteiger partial charge in [-0.3, -0.25) is 0 Å². The van der Waals surface area contributed by atoms with Crippen molar-refractivity contribution in [2.24, 2.45) is 5.73 Å². The standard InChI is InChI=1S/C14H25N3S2/c1-4-5-11-12(10-15)19-13(16-11)17-7-6-14(2,3)18-9-8-17/h4-10,15H2,1-3H3. The van der Waals surface area contributed by atoms with Gasteiger partial charge in [0, 0.05) is 35.0 Å². The molecule has 2 N–H and O–H groups in total. The van der Waals surface area contributed by atoms with Crippen molar-refractivity contribution in [2.45, 2.75) is 51.3 Å². The van der Waals surface area contributed by atoms with E-state index in [2.05, 4.69) is 37.4 Å². The highest BCUT2D eigenvalue weighted by molar-refractivity contribution is 8.00. The van der Waals surface area contributed by atoms with E-state index in [1.54, 1.807) is 11.3 Å². The summed E-state index contributed by atoms with van der Waals surface area (Å²) in [7, 11) is 0. The first-order valence-corrected chi connectivity index (χ1v) is 8.93. The van der Waals surface area contributed by atoms with E-state index in [0.717, 1.165) is 25.9 Å². The lowest BCUT2D eigenvalue weighted by atomic mass is 10.1. The normalized spacial score (nSPS) is 19.5. The quantitative estimate of drug-likeness (QED) is 0.926. The number of rotatable bonds is 4. The van der Waals surface area contributed by atoms with Crippen molar-refractivity contribution in [1.82, 2.24) is 4.98 Å². The fourth-order valence-electron chi connectivity index (χ4n) is 2.31. The molecule has 108 valence electrons. The molecule has 1 aromatic heterocycles. The van der Waals surface area contributed by atoms with Gasteiger partial charge in [-0.1, -0.05) is 27.2 Å². The zero-order valence-electron chi connectivity index (χ0n) is 12.2. The van der Waals surface area contributed by atoms with Crippen LogP contribution in [0.1, 0.15) is 44.2 Å². The number of hydrogen-bond donors (Lipinski definition) is 1. The first-order chi connectivity index (χ1) is 9.05. The van der Waals surface area contributed by atoms with E-state index < -0.39 is 0 Å². The fraction of sp³-hybridized carbons (Fsp3) is 0.786. The molecule has 1 aliphatic heterocycles. The van der Waals surface area contributed by atoms with Gasteiger partial charge in [0.2, 0.25) is 0 Å². The number of anilines is 1. The molecular weight excluding hydrogens is 274 g/mol. The molecule has 5 heteroatoms. The lowest BCUT2D eigenvalue weighted by Crippen LogP contribution is -2.26. The second-order valence-electron chi connectivity index (χ2n) is 5.67. The average molecular weight is 300 g/mol. The molecule has 0 saturated carbocycles. The number of thiazole rings is 1. The van der Waals surface area contributed by atoms with Gasteiger partial charge in [0.15, 0.2) is 5.13 Å². The summed E-state index contributed by atoms with van der Waals surface area (Å²) < 4.78 is 0.398. The Morgan fingerprint density at radius 2 is 2.16 bits per heavy atom. The van der Waals surface area contributed by atoms with Gasteiger partial charge in [-0.05, 0) is 12.8 Å². The Bertz CT molecular complexity index is 415. The molecular formula is C14H25N3S2. The van der Waals surface area contributed by atoms with Crippen LogP contribution in [0.3, 0.4) is 0 Å². The van der Waals surface area contributed by atoms with Crippen molar-refractivity contribution >= 4 is 28.2 Å². The largest absolute Gasteiger partial charge is 0.347 e. The summed E-state index contributed by atoms with van der Waals surface area (Å²) >= 11 is 3.87. The van der Waals surface area contributed by atoms with Crippen LogP contribution in [0.4, 0.5) is 5.13 Å². The van der Waals surface area contributed by atoms with Crippen molar-refractivity contribution in [3.63, 3.8) is 0 Å². The van der Waals surface area contributed by atoms with E-state index in [1.807, 2.05) is 0 Å². The molecule has 0 unspecified atom stereocenters. The van der Waals surface area contributed by atoms with Crippen LogP contribution < -0.4 is 10.6 Å². The van der Waals surface area contributed by atoms with E-state index >= 15 is 0 Å². The predicted octanol–water partition coefficient (Wildman–Crippen LogP) is 3.28. The summed E-state index contributed by atoms with van der Waals surface area (Å²) in [6.45, 7) is 9.74. The molecule has 3 nitrogen and oxygen atoms in total. The smallest absolute Gasteiger partial charge is 0.185 e. The summed E-state index contributed by atoms with van der Waals surface area (Å²) in [5.74, 6) is 1.19. The van der Waals surface area contributed by atoms with E-state index in [-0.39, 0.29) is 0 Å². The van der Waals surface area contributed by atoms with E-state index in [4.69, 9.17) is 10.7 Å². The molecule has 2 rings (SSSR count). The third-order valence-electron chi connectivity index (χ3n) is 3.55. The molecule has 0 aromatic carbocycles. The Kier molecular flexibility index (Phi) is 5.15. The van der Waals surface area contributed by atoms with Crippen molar-refractivity contribution in [3.8, 4) is 0 Å². The first kappa shape index (κ1) is 15.1. The molecule has 0 bridgehead atoms. The molecule has 1 aromatic rings. The number of hydrogen-bond acceptors (Lipinski definition) is 5. The Labute approximate surface area is 125 Å². The molecule has 0 spiro atoms. The number of thioether (sulfide) groups is 1. The molecule has 1 fully saturated rings. The van der Waals surface area contributed by atoms with Crippen LogP contribution >= 0.6 is 23.1 Å². The highest BCUT2D eigenvalue weighted by Gasteiger charge is 2.25. The number of aromatic nitrogens is 1. The van der Waals surface area contributed by atoms with E-state index in [1.165, 1.54) is 27.9 Å². The second kappa shape index (κ2) is 6.46. The molecule has 0 amide bonds. The average Bonchev–Trinajstić information content (AvgIpc) is 2.67. The SMILES string of the molecule is CCCc1nc(N2CCSC(C)(C)CC2)sc1CN. The fourth-order valence-corrected chi connectivity index (χ4v) is 4.44. The molecule has 1 aliphatic rings. The highest BCUT2D eigenvalue weighted by Crippen LogP contribution is 2.34. The van der Waals surface area contributed by atoms with Gasteiger partial charge in [-0.2, -0.15) is 11.8 Å². The maximum Gasteiger partial charge on any atom is 0.185 e. The Morgan fingerprint density at radius 1 is 1.37 bits per heavy atom. The van der Waals surface area contributed by atoms with Crippen LogP contribution in [0, 0.1) is 0 Å². The number of nitrogens with zero attached hydrogens (tertiary/aromatic N) is 2. The van der Waals surface area contributed by atoms with Crippen molar-refractivity contribution in [3.05, 3.63) is 10.6 Å². The monoisotopic (exact) mass is 299 g/mol. The molecule has 19 heavy (non-hydrogen) atoms. The minimum absolute atomic E-state index is 0.398. The van der Waals surface area contributed by atoms with Crippen LogP contribution in [0.5, 0.6) is 0 Å².